The molecule has 0 amide bonds. The van der Waals surface area contributed by atoms with Gasteiger partial charge in [0.1, 0.15) is 0 Å². The predicted molar refractivity (Wildman–Crippen MR) is 109 cm³/mol. The van der Waals surface area contributed by atoms with E-state index in [0.717, 1.165) is 49.3 Å². The number of sulfonamides is 1. The van der Waals surface area contributed by atoms with Crippen LogP contribution in [-0.4, -0.2) is 30.1 Å². The molecule has 1 aliphatic heterocycles. The standard InChI is InChI=1S/C21H24N4O2S/c1-2-16-8-10-18(11-9-16)28(26,27)24-21-19-12-13-25(15-20(19)22-23-21)14-17-6-4-3-5-7-17/h3-11H,2,12-15H2,1H3,(H2,22,23,24). The zero-order chi connectivity index (χ0) is 19.6. The van der Waals surface area contributed by atoms with Crippen LogP contribution in [0, 0.1) is 0 Å². The van der Waals surface area contributed by atoms with E-state index in [1.807, 2.05) is 37.3 Å². The van der Waals surface area contributed by atoms with E-state index in [0.29, 0.717) is 5.82 Å². The Bertz CT molecular complexity index is 1040. The number of hydrogen-bond acceptors (Lipinski definition) is 4. The molecule has 4 rings (SSSR count). The van der Waals surface area contributed by atoms with Gasteiger partial charge in [0.2, 0.25) is 0 Å². The normalized spacial score (nSPS) is 14.6. The van der Waals surface area contributed by atoms with Gasteiger partial charge in [-0.05, 0) is 36.1 Å². The molecule has 0 saturated heterocycles. The molecule has 0 radical (unpaired) electrons. The topological polar surface area (TPSA) is 78.1 Å². The van der Waals surface area contributed by atoms with Crippen LogP contribution >= 0.6 is 0 Å². The van der Waals surface area contributed by atoms with E-state index in [-0.39, 0.29) is 4.90 Å². The average molecular weight is 397 g/mol. The van der Waals surface area contributed by atoms with Crippen LogP contribution in [0.3, 0.4) is 0 Å². The van der Waals surface area contributed by atoms with Gasteiger partial charge in [-0.15, -0.1) is 0 Å². The molecule has 0 unspecified atom stereocenters. The minimum atomic E-state index is -3.65. The van der Waals surface area contributed by atoms with Gasteiger partial charge < -0.3 is 0 Å². The molecule has 0 fully saturated rings. The number of H-pyrrole nitrogens is 1. The smallest absolute Gasteiger partial charge is 0.263 e. The predicted octanol–water partition coefficient (Wildman–Crippen LogP) is 3.33. The number of aromatic amines is 1. The first-order valence-corrected chi connectivity index (χ1v) is 11.0. The Kier molecular flexibility index (Phi) is 5.19. The molecule has 2 N–H and O–H groups in total. The van der Waals surface area contributed by atoms with Crippen LogP contribution in [0.2, 0.25) is 0 Å². The number of anilines is 1. The number of hydrogen-bond donors (Lipinski definition) is 2. The van der Waals surface area contributed by atoms with Gasteiger partial charge in [-0.1, -0.05) is 49.4 Å². The number of rotatable bonds is 6. The Balaban J connectivity index is 1.48. The van der Waals surface area contributed by atoms with Crippen LogP contribution in [0.25, 0.3) is 0 Å². The van der Waals surface area contributed by atoms with E-state index < -0.39 is 10.0 Å². The summed E-state index contributed by atoms with van der Waals surface area (Å²) in [5, 5.41) is 7.26. The van der Waals surface area contributed by atoms with Gasteiger partial charge in [0.25, 0.3) is 10.0 Å². The second-order valence-corrected chi connectivity index (χ2v) is 8.76. The van der Waals surface area contributed by atoms with Crippen molar-refractivity contribution in [3.05, 3.63) is 77.0 Å². The Morgan fingerprint density at radius 1 is 1.07 bits per heavy atom. The molecule has 0 atom stereocenters. The summed E-state index contributed by atoms with van der Waals surface area (Å²) >= 11 is 0. The molecule has 0 spiro atoms. The van der Waals surface area contributed by atoms with Crippen molar-refractivity contribution in [1.29, 1.82) is 0 Å². The number of fused-ring (bicyclic) bond motifs is 1. The number of nitrogens with zero attached hydrogens (tertiary/aromatic N) is 2. The zero-order valence-electron chi connectivity index (χ0n) is 15.9. The highest BCUT2D eigenvalue weighted by molar-refractivity contribution is 7.92. The first-order chi connectivity index (χ1) is 13.5. The minimum Gasteiger partial charge on any atom is -0.293 e. The number of benzene rings is 2. The maximum absolute atomic E-state index is 12.7. The molecule has 28 heavy (non-hydrogen) atoms. The minimum absolute atomic E-state index is 0.253. The molecule has 6 nitrogen and oxygen atoms in total. The Morgan fingerprint density at radius 3 is 2.54 bits per heavy atom. The molecular weight excluding hydrogens is 372 g/mol. The molecule has 7 heteroatoms. The Hall–Kier alpha value is -2.64. The lowest BCUT2D eigenvalue weighted by Crippen LogP contribution is -2.30. The molecule has 1 aliphatic rings. The van der Waals surface area contributed by atoms with Crippen molar-refractivity contribution in [3.63, 3.8) is 0 Å². The summed E-state index contributed by atoms with van der Waals surface area (Å²) < 4.78 is 28.1. The van der Waals surface area contributed by atoms with E-state index >= 15 is 0 Å². The van der Waals surface area contributed by atoms with Crippen LogP contribution in [0.15, 0.2) is 59.5 Å². The molecule has 0 aliphatic carbocycles. The first kappa shape index (κ1) is 18.7. The Labute approximate surface area is 165 Å². The van der Waals surface area contributed by atoms with Crippen molar-refractivity contribution >= 4 is 15.8 Å². The van der Waals surface area contributed by atoms with Gasteiger partial charge in [-0.3, -0.25) is 14.7 Å². The molecule has 0 bridgehead atoms. The largest absolute Gasteiger partial charge is 0.293 e. The van der Waals surface area contributed by atoms with Gasteiger partial charge in [0.05, 0.1) is 10.6 Å². The fourth-order valence-corrected chi connectivity index (χ4v) is 4.56. The zero-order valence-corrected chi connectivity index (χ0v) is 16.7. The highest BCUT2D eigenvalue weighted by atomic mass is 32.2. The lowest BCUT2D eigenvalue weighted by atomic mass is 10.1. The van der Waals surface area contributed by atoms with Crippen LogP contribution in [0.5, 0.6) is 0 Å². The van der Waals surface area contributed by atoms with Crippen molar-refractivity contribution in [2.24, 2.45) is 0 Å². The maximum Gasteiger partial charge on any atom is 0.263 e. The van der Waals surface area contributed by atoms with Crippen LogP contribution in [-0.2, 0) is 36.0 Å². The third-order valence-corrected chi connectivity index (χ3v) is 6.49. The van der Waals surface area contributed by atoms with Crippen molar-refractivity contribution in [1.82, 2.24) is 15.1 Å². The van der Waals surface area contributed by atoms with Crippen molar-refractivity contribution in [2.45, 2.75) is 37.8 Å². The second-order valence-electron chi connectivity index (χ2n) is 7.08. The van der Waals surface area contributed by atoms with E-state index in [4.69, 9.17) is 0 Å². The van der Waals surface area contributed by atoms with E-state index in [1.54, 1.807) is 12.1 Å². The van der Waals surface area contributed by atoms with Gasteiger partial charge in [-0.25, -0.2) is 8.42 Å². The maximum atomic E-state index is 12.7. The average Bonchev–Trinajstić information content (AvgIpc) is 3.10. The molecule has 3 aromatic rings. The third-order valence-electron chi connectivity index (χ3n) is 5.13. The first-order valence-electron chi connectivity index (χ1n) is 9.49. The lowest BCUT2D eigenvalue weighted by molar-refractivity contribution is 0.242. The highest BCUT2D eigenvalue weighted by Gasteiger charge is 2.25. The lowest BCUT2D eigenvalue weighted by Gasteiger charge is -2.26. The molecule has 2 heterocycles. The number of nitrogens with one attached hydrogen (secondary N) is 2. The fourth-order valence-electron chi connectivity index (χ4n) is 3.53. The van der Waals surface area contributed by atoms with Gasteiger partial charge in [0.15, 0.2) is 5.82 Å². The van der Waals surface area contributed by atoms with E-state index in [2.05, 4.69) is 32.0 Å². The van der Waals surface area contributed by atoms with Crippen LogP contribution < -0.4 is 4.72 Å². The van der Waals surface area contributed by atoms with Crippen molar-refractivity contribution in [2.75, 3.05) is 11.3 Å². The quantitative estimate of drug-likeness (QED) is 0.670. The second kappa shape index (κ2) is 7.77. The molecule has 1 aromatic heterocycles. The van der Waals surface area contributed by atoms with E-state index in [1.165, 1.54) is 5.56 Å². The summed E-state index contributed by atoms with van der Waals surface area (Å²) in [7, 11) is -3.65. The van der Waals surface area contributed by atoms with Gasteiger partial charge in [0, 0.05) is 25.2 Å². The Morgan fingerprint density at radius 2 is 1.82 bits per heavy atom. The van der Waals surface area contributed by atoms with Gasteiger partial charge >= 0.3 is 0 Å². The summed E-state index contributed by atoms with van der Waals surface area (Å²) in [4.78, 5) is 2.58. The summed E-state index contributed by atoms with van der Waals surface area (Å²) in [5.74, 6) is 0.411. The number of aryl methyl sites for hydroxylation is 1. The summed E-state index contributed by atoms with van der Waals surface area (Å²) in [5.41, 5.74) is 4.30. The summed E-state index contributed by atoms with van der Waals surface area (Å²) in [6, 6.07) is 17.3. The summed E-state index contributed by atoms with van der Waals surface area (Å²) in [6.07, 6.45) is 1.63. The molecular formula is C21H24N4O2S. The van der Waals surface area contributed by atoms with E-state index in [9.17, 15) is 8.42 Å². The molecule has 146 valence electrons. The summed E-state index contributed by atoms with van der Waals surface area (Å²) in [6.45, 7) is 4.49. The number of aromatic nitrogens is 2. The molecule has 0 saturated carbocycles. The third kappa shape index (κ3) is 3.95. The SMILES string of the molecule is CCc1ccc(S(=O)(=O)Nc2n[nH]c3c2CCN(Cc2ccccc2)C3)cc1. The van der Waals surface area contributed by atoms with Crippen molar-refractivity contribution < 1.29 is 8.42 Å². The van der Waals surface area contributed by atoms with Crippen LogP contribution in [0.4, 0.5) is 5.82 Å². The fraction of sp³-hybridized carbons (Fsp3) is 0.286. The van der Waals surface area contributed by atoms with Crippen LogP contribution in [0.1, 0.15) is 29.3 Å². The molecule has 2 aromatic carbocycles. The monoisotopic (exact) mass is 396 g/mol. The van der Waals surface area contributed by atoms with Crippen molar-refractivity contribution in [3.8, 4) is 0 Å². The highest BCUT2D eigenvalue weighted by Crippen LogP contribution is 2.26. The van der Waals surface area contributed by atoms with Gasteiger partial charge in [-0.2, -0.15) is 5.10 Å².